The van der Waals surface area contributed by atoms with Crippen molar-refractivity contribution in [2.24, 2.45) is 0 Å². The maximum atomic E-state index is 6.17. The molecule has 0 fully saturated rings. The first-order chi connectivity index (χ1) is 9.74. The molecule has 3 rings (SSSR count). The predicted molar refractivity (Wildman–Crippen MR) is 82.6 cm³/mol. The quantitative estimate of drug-likeness (QED) is 0.794. The van der Waals surface area contributed by atoms with Gasteiger partial charge in [-0.2, -0.15) is 5.10 Å². The third-order valence-electron chi connectivity index (χ3n) is 3.16. The summed E-state index contributed by atoms with van der Waals surface area (Å²) in [5.41, 5.74) is 8.96. The van der Waals surface area contributed by atoms with Gasteiger partial charge in [0.2, 0.25) is 0 Å². The molecule has 0 saturated heterocycles. The van der Waals surface area contributed by atoms with E-state index in [1.165, 1.54) is 0 Å². The number of nitrogen functional groups attached to an aromatic ring is 1. The van der Waals surface area contributed by atoms with Crippen LogP contribution in [0.5, 0.6) is 0 Å². The smallest absolute Gasteiger partial charge is 0.122 e. The van der Waals surface area contributed by atoms with E-state index in [9.17, 15) is 0 Å². The lowest BCUT2D eigenvalue weighted by Crippen LogP contribution is -2.06. The van der Waals surface area contributed by atoms with E-state index in [-0.39, 0.29) is 0 Å². The van der Waals surface area contributed by atoms with Crippen LogP contribution in [-0.2, 0) is 6.54 Å². The first kappa shape index (κ1) is 12.8. The Morgan fingerprint density at radius 3 is 2.45 bits per heavy atom. The third-order valence-corrected chi connectivity index (χ3v) is 3.53. The molecule has 2 N–H and O–H groups in total. The Morgan fingerprint density at radius 1 is 1.00 bits per heavy atom. The van der Waals surface area contributed by atoms with Crippen molar-refractivity contribution >= 4 is 17.4 Å². The second kappa shape index (κ2) is 5.39. The highest BCUT2D eigenvalue weighted by Gasteiger charge is 2.08. The molecule has 0 aliphatic carbocycles. The van der Waals surface area contributed by atoms with Crippen LogP contribution in [0.4, 0.5) is 5.82 Å². The summed E-state index contributed by atoms with van der Waals surface area (Å²) < 4.78 is 1.77. The van der Waals surface area contributed by atoms with E-state index in [4.69, 9.17) is 17.3 Å². The van der Waals surface area contributed by atoms with Crippen molar-refractivity contribution in [1.82, 2.24) is 9.78 Å². The minimum absolute atomic E-state index is 0.568. The van der Waals surface area contributed by atoms with Crippen molar-refractivity contribution in [3.05, 3.63) is 71.2 Å². The zero-order valence-electron chi connectivity index (χ0n) is 10.8. The lowest BCUT2D eigenvalue weighted by Gasteiger charge is -2.05. The van der Waals surface area contributed by atoms with Crippen LogP contribution in [0.25, 0.3) is 11.3 Å². The minimum atomic E-state index is 0.568. The normalized spacial score (nSPS) is 10.7. The number of aromatic nitrogens is 2. The summed E-state index contributed by atoms with van der Waals surface area (Å²) in [4.78, 5) is 0. The molecule has 1 aromatic heterocycles. The summed E-state index contributed by atoms with van der Waals surface area (Å²) in [6.45, 7) is 0.568. The van der Waals surface area contributed by atoms with Crippen LogP contribution in [0.3, 0.4) is 0 Å². The number of benzene rings is 2. The number of nitrogens with two attached hydrogens (primary N) is 1. The van der Waals surface area contributed by atoms with E-state index in [0.717, 1.165) is 21.8 Å². The van der Waals surface area contributed by atoms with Crippen molar-refractivity contribution in [3.63, 3.8) is 0 Å². The van der Waals surface area contributed by atoms with Crippen LogP contribution in [0, 0.1) is 0 Å². The molecule has 0 unspecified atom stereocenters. The second-order valence-corrected chi connectivity index (χ2v) is 4.98. The zero-order valence-corrected chi connectivity index (χ0v) is 11.6. The molecule has 2 aromatic carbocycles. The summed E-state index contributed by atoms with van der Waals surface area (Å²) in [6.07, 6.45) is 0. The summed E-state index contributed by atoms with van der Waals surface area (Å²) in [7, 11) is 0. The van der Waals surface area contributed by atoms with Crippen molar-refractivity contribution in [3.8, 4) is 11.3 Å². The number of hydrogen-bond acceptors (Lipinski definition) is 2. The maximum Gasteiger partial charge on any atom is 0.122 e. The minimum Gasteiger partial charge on any atom is -0.384 e. The highest BCUT2D eigenvalue weighted by molar-refractivity contribution is 6.31. The molecule has 1 heterocycles. The number of anilines is 1. The van der Waals surface area contributed by atoms with Gasteiger partial charge in [-0.15, -0.1) is 0 Å². The van der Waals surface area contributed by atoms with E-state index >= 15 is 0 Å². The van der Waals surface area contributed by atoms with E-state index in [0.29, 0.717) is 12.4 Å². The Labute approximate surface area is 122 Å². The van der Waals surface area contributed by atoms with Gasteiger partial charge in [0.05, 0.1) is 12.2 Å². The molecule has 3 aromatic rings. The molecule has 0 bridgehead atoms. The molecule has 0 spiro atoms. The molecule has 0 radical (unpaired) electrons. The fourth-order valence-corrected chi connectivity index (χ4v) is 2.29. The Bertz CT molecular complexity index is 720. The molecular weight excluding hydrogens is 270 g/mol. The fourth-order valence-electron chi connectivity index (χ4n) is 2.10. The predicted octanol–water partition coefficient (Wildman–Crippen LogP) is 3.83. The number of halogens is 1. The maximum absolute atomic E-state index is 6.17. The SMILES string of the molecule is Nc1cc(-c2ccccc2)nn1Cc1ccccc1Cl. The molecule has 0 aliphatic heterocycles. The molecule has 0 atom stereocenters. The Balaban J connectivity index is 1.92. The van der Waals surface area contributed by atoms with Gasteiger partial charge in [0, 0.05) is 16.7 Å². The second-order valence-electron chi connectivity index (χ2n) is 4.57. The third kappa shape index (κ3) is 2.53. The van der Waals surface area contributed by atoms with Crippen LogP contribution < -0.4 is 5.73 Å². The van der Waals surface area contributed by atoms with Gasteiger partial charge in [-0.3, -0.25) is 0 Å². The van der Waals surface area contributed by atoms with Gasteiger partial charge in [0.15, 0.2) is 0 Å². The van der Waals surface area contributed by atoms with E-state index in [1.807, 2.05) is 60.7 Å². The van der Waals surface area contributed by atoms with Crippen molar-refractivity contribution < 1.29 is 0 Å². The fraction of sp³-hybridized carbons (Fsp3) is 0.0625. The lowest BCUT2D eigenvalue weighted by atomic mass is 10.2. The van der Waals surface area contributed by atoms with Gasteiger partial charge in [0.25, 0.3) is 0 Å². The highest BCUT2D eigenvalue weighted by Crippen LogP contribution is 2.22. The largest absolute Gasteiger partial charge is 0.384 e. The topological polar surface area (TPSA) is 43.8 Å². The molecule has 0 amide bonds. The van der Waals surface area contributed by atoms with Crippen LogP contribution in [-0.4, -0.2) is 9.78 Å². The summed E-state index contributed by atoms with van der Waals surface area (Å²) in [5.74, 6) is 0.628. The van der Waals surface area contributed by atoms with Gasteiger partial charge < -0.3 is 5.73 Å². The van der Waals surface area contributed by atoms with E-state index < -0.39 is 0 Å². The van der Waals surface area contributed by atoms with Gasteiger partial charge in [0.1, 0.15) is 5.82 Å². The molecule has 100 valence electrons. The summed E-state index contributed by atoms with van der Waals surface area (Å²) in [5, 5.41) is 5.28. The van der Waals surface area contributed by atoms with Crippen molar-refractivity contribution in [2.45, 2.75) is 6.54 Å². The molecule has 0 aliphatic rings. The van der Waals surface area contributed by atoms with Crippen molar-refractivity contribution in [1.29, 1.82) is 0 Å². The molecular formula is C16H14ClN3. The van der Waals surface area contributed by atoms with Crippen molar-refractivity contribution in [2.75, 3.05) is 5.73 Å². The average molecular weight is 284 g/mol. The Hall–Kier alpha value is -2.26. The lowest BCUT2D eigenvalue weighted by molar-refractivity contribution is 0.700. The van der Waals surface area contributed by atoms with E-state index in [1.54, 1.807) is 4.68 Å². The van der Waals surface area contributed by atoms with Crippen LogP contribution in [0.15, 0.2) is 60.7 Å². The summed E-state index contributed by atoms with van der Waals surface area (Å²) >= 11 is 6.17. The molecule has 4 heteroatoms. The number of nitrogens with zero attached hydrogens (tertiary/aromatic N) is 2. The average Bonchev–Trinajstić information content (AvgIpc) is 2.84. The first-order valence-electron chi connectivity index (χ1n) is 6.36. The van der Waals surface area contributed by atoms with Gasteiger partial charge in [-0.05, 0) is 11.6 Å². The van der Waals surface area contributed by atoms with E-state index in [2.05, 4.69) is 5.10 Å². The monoisotopic (exact) mass is 283 g/mol. The summed E-state index contributed by atoms with van der Waals surface area (Å²) in [6, 6.07) is 19.6. The van der Waals surface area contributed by atoms with Gasteiger partial charge in [-0.1, -0.05) is 60.1 Å². The van der Waals surface area contributed by atoms with Gasteiger partial charge in [-0.25, -0.2) is 4.68 Å². The van der Waals surface area contributed by atoms with Gasteiger partial charge >= 0.3 is 0 Å². The highest BCUT2D eigenvalue weighted by atomic mass is 35.5. The Kier molecular flexibility index (Phi) is 3.44. The molecule has 20 heavy (non-hydrogen) atoms. The molecule has 3 nitrogen and oxygen atoms in total. The number of rotatable bonds is 3. The van der Waals surface area contributed by atoms with Crippen LogP contribution in [0.2, 0.25) is 5.02 Å². The first-order valence-corrected chi connectivity index (χ1v) is 6.74. The van der Waals surface area contributed by atoms with Crippen LogP contribution >= 0.6 is 11.6 Å². The Morgan fingerprint density at radius 2 is 1.70 bits per heavy atom. The zero-order chi connectivity index (χ0) is 13.9. The number of hydrogen-bond donors (Lipinski definition) is 1. The standard InChI is InChI=1S/C16H14ClN3/c17-14-9-5-4-8-13(14)11-20-16(18)10-15(19-20)12-6-2-1-3-7-12/h1-10H,11,18H2. The molecule has 0 saturated carbocycles. The van der Waals surface area contributed by atoms with Crippen LogP contribution in [0.1, 0.15) is 5.56 Å².